The average molecular weight is 400 g/mol. The van der Waals surface area contributed by atoms with E-state index in [0.717, 1.165) is 22.6 Å². The van der Waals surface area contributed by atoms with E-state index in [1.807, 2.05) is 92.7 Å². The summed E-state index contributed by atoms with van der Waals surface area (Å²) in [7, 11) is 0. The standard InChI is InChI=1S/C25H24N2O3/c1-3-30-22-15-13-21(14-16-22)27-23(28)17-26(20-11-9-18(2)10-12-20)25(29)24(27)19-7-5-4-6-8-19/h4-16,24H,3,17H2,1-2H3/t24-/m0/s1. The maximum absolute atomic E-state index is 13.6. The van der Waals surface area contributed by atoms with Crippen molar-refractivity contribution >= 4 is 23.2 Å². The quantitative estimate of drug-likeness (QED) is 0.633. The molecule has 152 valence electrons. The van der Waals surface area contributed by atoms with Crippen molar-refractivity contribution in [2.24, 2.45) is 0 Å². The lowest BCUT2D eigenvalue weighted by molar-refractivity contribution is -0.128. The second-order valence-corrected chi connectivity index (χ2v) is 7.26. The van der Waals surface area contributed by atoms with Crippen molar-refractivity contribution in [1.29, 1.82) is 0 Å². The van der Waals surface area contributed by atoms with Crippen molar-refractivity contribution in [1.82, 2.24) is 0 Å². The summed E-state index contributed by atoms with van der Waals surface area (Å²) in [6.07, 6.45) is 0. The van der Waals surface area contributed by atoms with Crippen LogP contribution in [0.3, 0.4) is 0 Å². The molecule has 3 aromatic carbocycles. The number of rotatable bonds is 5. The Labute approximate surface area is 176 Å². The number of ether oxygens (including phenoxy) is 1. The highest BCUT2D eigenvalue weighted by molar-refractivity contribution is 6.14. The van der Waals surface area contributed by atoms with Crippen LogP contribution in [0.25, 0.3) is 0 Å². The molecule has 0 N–H and O–H groups in total. The van der Waals surface area contributed by atoms with Gasteiger partial charge in [0.25, 0.3) is 5.91 Å². The molecule has 1 saturated heterocycles. The summed E-state index contributed by atoms with van der Waals surface area (Å²) >= 11 is 0. The van der Waals surface area contributed by atoms with Crippen LogP contribution in [0, 0.1) is 6.92 Å². The molecular formula is C25H24N2O3. The normalized spacial score (nSPS) is 16.7. The predicted octanol–water partition coefficient (Wildman–Crippen LogP) is 4.51. The Balaban J connectivity index is 1.75. The van der Waals surface area contributed by atoms with Gasteiger partial charge in [-0.05, 0) is 55.8 Å². The summed E-state index contributed by atoms with van der Waals surface area (Å²) in [6.45, 7) is 4.48. The van der Waals surface area contributed by atoms with Crippen molar-refractivity contribution < 1.29 is 14.3 Å². The zero-order chi connectivity index (χ0) is 21.1. The molecule has 1 aliphatic rings. The van der Waals surface area contributed by atoms with Gasteiger partial charge in [-0.25, -0.2) is 0 Å². The van der Waals surface area contributed by atoms with Gasteiger partial charge < -0.3 is 9.64 Å². The van der Waals surface area contributed by atoms with Crippen LogP contribution in [-0.4, -0.2) is 25.0 Å². The number of hydrogen-bond donors (Lipinski definition) is 0. The summed E-state index contributed by atoms with van der Waals surface area (Å²) in [5, 5.41) is 0. The first-order valence-electron chi connectivity index (χ1n) is 10.1. The summed E-state index contributed by atoms with van der Waals surface area (Å²) in [5.41, 5.74) is 3.28. The highest BCUT2D eigenvalue weighted by Crippen LogP contribution is 2.35. The van der Waals surface area contributed by atoms with Crippen LogP contribution in [0.5, 0.6) is 5.75 Å². The van der Waals surface area contributed by atoms with Gasteiger partial charge in [0, 0.05) is 11.4 Å². The maximum atomic E-state index is 13.6. The number of benzene rings is 3. The molecule has 0 aliphatic carbocycles. The monoisotopic (exact) mass is 400 g/mol. The Morgan fingerprint density at radius 3 is 2.13 bits per heavy atom. The fourth-order valence-electron chi connectivity index (χ4n) is 3.72. The Bertz CT molecular complexity index is 1030. The van der Waals surface area contributed by atoms with Crippen LogP contribution in [-0.2, 0) is 9.59 Å². The predicted molar refractivity (Wildman–Crippen MR) is 118 cm³/mol. The van der Waals surface area contributed by atoms with Crippen molar-refractivity contribution in [2.45, 2.75) is 19.9 Å². The summed E-state index contributed by atoms with van der Waals surface area (Å²) in [6, 6.07) is 23.7. The van der Waals surface area contributed by atoms with E-state index in [4.69, 9.17) is 4.74 Å². The third-order valence-electron chi connectivity index (χ3n) is 5.21. The zero-order valence-corrected chi connectivity index (χ0v) is 17.1. The Hall–Kier alpha value is -3.60. The number of aryl methyl sites for hydroxylation is 1. The van der Waals surface area contributed by atoms with Crippen LogP contribution in [0.4, 0.5) is 11.4 Å². The molecular weight excluding hydrogens is 376 g/mol. The van der Waals surface area contributed by atoms with E-state index in [1.165, 1.54) is 0 Å². The van der Waals surface area contributed by atoms with Crippen LogP contribution in [0.15, 0.2) is 78.9 Å². The fourth-order valence-corrected chi connectivity index (χ4v) is 3.72. The minimum atomic E-state index is -0.730. The molecule has 3 aromatic rings. The molecule has 0 unspecified atom stereocenters. The van der Waals surface area contributed by atoms with E-state index >= 15 is 0 Å². The van der Waals surface area contributed by atoms with Gasteiger partial charge in [0.05, 0.1) is 6.61 Å². The van der Waals surface area contributed by atoms with Crippen molar-refractivity contribution in [3.05, 3.63) is 90.0 Å². The van der Waals surface area contributed by atoms with E-state index in [0.29, 0.717) is 12.3 Å². The number of hydrogen-bond acceptors (Lipinski definition) is 3. The molecule has 1 atom stereocenters. The molecule has 0 radical (unpaired) electrons. The number of piperazine rings is 1. The van der Waals surface area contributed by atoms with Crippen LogP contribution in [0.2, 0.25) is 0 Å². The third-order valence-corrected chi connectivity index (χ3v) is 5.21. The summed E-state index contributed by atoms with van der Waals surface area (Å²) in [5.74, 6) is 0.473. The molecule has 5 nitrogen and oxygen atoms in total. The van der Waals surface area contributed by atoms with Gasteiger partial charge in [0.1, 0.15) is 18.3 Å². The van der Waals surface area contributed by atoms with Crippen molar-refractivity contribution in [3.63, 3.8) is 0 Å². The molecule has 0 saturated carbocycles. The largest absolute Gasteiger partial charge is 0.494 e. The molecule has 0 aromatic heterocycles. The third kappa shape index (κ3) is 3.79. The second-order valence-electron chi connectivity index (χ2n) is 7.26. The van der Waals surface area contributed by atoms with E-state index in [1.54, 1.807) is 9.80 Å². The molecule has 30 heavy (non-hydrogen) atoms. The number of nitrogens with zero attached hydrogens (tertiary/aromatic N) is 2. The van der Waals surface area contributed by atoms with Gasteiger partial charge in [-0.1, -0.05) is 48.0 Å². The second kappa shape index (κ2) is 8.41. The first-order chi connectivity index (χ1) is 14.6. The van der Waals surface area contributed by atoms with Crippen LogP contribution < -0.4 is 14.5 Å². The fraction of sp³-hybridized carbons (Fsp3) is 0.200. The molecule has 2 amide bonds. The lowest BCUT2D eigenvalue weighted by atomic mass is 9.99. The summed E-state index contributed by atoms with van der Waals surface area (Å²) < 4.78 is 5.51. The Morgan fingerprint density at radius 2 is 1.50 bits per heavy atom. The van der Waals surface area contributed by atoms with Gasteiger partial charge in [-0.3, -0.25) is 14.5 Å². The molecule has 5 heteroatoms. The topological polar surface area (TPSA) is 49.9 Å². The van der Waals surface area contributed by atoms with E-state index < -0.39 is 6.04 Å². The molecule has 1 heterocycles. The molecule has 1 aliphatic heterocycles. The molecule has 1 fully saturated rings. The van der Waals surface area contributed by atoms with E-state index in [9.17, 15) is 9.59 Å². The first kappa shape index (κ1) is 19.7. The van der Waals surface area contributed by atoms with Crippen LogP contribution in [0.1, 0.15) is 24.1 Å². The highest BCUT2D eigenvalue weighted by atomic mass is 16.5. The number of amides is 2. The van der Waals surface area contributed by atoms with Gasteiger partial charge >= 0.3 is 0 Å². The van der Waals surface area contributed by atoms with Gasteiger partial charge in [-0.15, -0.1) is 0 Å². The van der Waals surface area contributed by atoms with Crippen molar-refractivity contribution in [3.8, 4) is 5.75 Å². The zero-order valence-electron chi connectivity index (χ0n) is 17.1. The maximum Gasteiger partial charge on any atom is 0.255 e. The Kier molecular flexibility index (Phi) is 5.53. The van der Waals surface area contributed by atoms with Gasteiger partial charge in [0.2, 0.25) is 5.91 Å². The van der Waals surface area contributed by atoms with Gasteiger partial charge in [0.15, 0.2) is 0 Å². The SMILES string of the molecule is CCOc1ccc(N2C(=O)CN(c3ccc(C)cc3)C(=O)[C@@H]2c2ccccc2)cc1. The van der Waals surface area contributed by atoms with E-state index in [-0.39, 0.29) is 18.4 Å². The smallest absolute Gasteiger partial charge is 0.255 e. The summed E-state index contributed by atoms with van der Waals surface area (Å²) in [4.78, 5) is 30.1. The highest BCUT2D eigenvalue weighted by Gasteiger charge is 2.41. The Morgan fingerprint density at radius 1 is 0.867 bits per heavy atom. The lowest BCUT2D eigenvalue weighted by Gasteiger charge is -2.40. The van der Waals surface area contributed by atoms with Crippen LogP contribution >= 0.6 is 0 Å². The minimum Gasteiger partial charge on any atom is -0.494 e. The average Bonchev–Trinajstić information content (AvgIpc) is 2.77. The molecule has 4 rings (SSSR count). The minimum absolute atomic E-state index is 0.00155. The number of anilines is 2. The van der Waals surface area contributed by atoms with Crippen molar-refractivity contribution in [2.75, 3.05) is 23.0 Å². The first-order valence-corrected chi connectivity index (χ1v) is 10.1. The lowest BCUT2D eigenvalue weighted by Crippen LogP contribution is -2.56. The number of carbonyl (C=O) groups is 2. The molecule has 0 spiro atoms. The van der Waals surface area contributed by atoms with E-state index in [2.05, 4.69) is 0 Å². The van der Waals surface area contributed by atoms with Gasteiger partial charge in [-0.2, -0.15) is 0 Å². The number of carbonyl (C=O) groups excluding carboxylic acids is 2. The molecule has 0 bridgehead atoms.